The summed E-state index contributed by atoms with van der Waals surface area (Å²) in [4.78, 5) is 71.4. The zero-order chi connectivity index (χ0) is 30.2. The maximum Gasteiger partial charge on any atom is 0.246 e. The zero-order valence-corrected chi connectivity index (χ0v) is 25.0. The van der Waals surface area contributed by atoms with E-state index in [4.69, 9.17) is 0 Å². The van der Waals surface area contributed by atoms with Crippen LogP contribution >= 0.6 is 0 Å². The van der Waals surface area contributed by atoms with Crippen LogP contribution in [0, 0.1) is 5.92 Å². The summed E-state index contributed by atoms with van der Waals surface area (Å²) < 4.78 is 0. The highest BCUT2D eigenvalue weighted by Crippen LogP contribution is 2.23. The minimum atomic E-state index is -0.954. The molecular formula is C32H45N5O5. The fourth-order valence-corrected chi connectivity index (χ4v) is 6.02. The zero-order valence-electron chi connectivity index (χ0n) is 25.0. The Balaban J connectivity index is 1.65. The van der Waals surface area contributed by atoms with Gasteiger partial charge in [0.1, 0.15) is 30.0 Å². The summed E-state index contributed by atoms with van der Waals surface area (Å²) in [5.74, 6) is -1.48. The van der Waals surface area contributed by atoms with Crippen molar-refractivity contribution in [2.45, 2.75) is 109 Å². The van der Waals surface area contributed by atoms with Gasteiger partial charge in [-0.1, -0.05) is 51.3 Å². The molecule has 10 heteroatoms. The first-order chi connectivity index (χ1) is 20.2. The summed E-state index contributed by atoms with van der Waals surface area (Å²) in [5.41, 5.74) is 1.79. The summed E-state index contributed by atoms with van der Waals surface area (Å²) >= 11 is 0. The number of Topliss-reactive ketones (excluding diaryl/α,β-unsaturated/α-hetero) is 1. The van der Waals surface area contributed by atoms with Crippen molar-refractivity contribution in [3.05, 3.63) is 36.0 Å². The molecule has 2 saturated heterocycles. The highest BCUT2D eigenvalue weighted by molar-refractivity contribution is 5.98. The summed E-state index contributed by atoms with van der Waals surface area (Å²) in [6, 6.07) is 4.43. The van der Waals surface area contributed by atoms with Crippen LogP contribution in [0.4, 0.5) is 0 Å². The molecule has 0 saturated carbocycles. The van der Waals surface area contributed by atoms with Gasteiger partial charge in [0.05, 0.1) is 0 Å². The molecule has 0 spiro atoms. The van der Waals surface area contributed by atoms with Crippen LogP contribution in [-0.4, -0.2) is 70.0 Å². The number of para-hydroxylation sites is 1. The van der Waals surface area contributed by atoms with Crippen LogP contribution in [0.5, 0.6) is 0 Å². The van der Waals surface area contributed by atoms with E-state index in [0.29, 0.717) is 45.1 Å². The SMILES string of the molecule is CCC(C)[C@@H]1NC(=O)[C@H](Cc2c[nH]c3ccccc23)NC(=O)[C@H](CCCCCC(C)=O)NC(=O)C2CCCCN2C1=O. The number of carbonyl (C=O) groups excluding carboxylic acids is 5. The average molecular weight is 580 g/mol. The smallest absolute Gasteiger partial charge is 0.246 e. The van der Waals surface area contributed by atoms with E-state index < -0.39 is 36.0 Å². The molecule has 42 heavy (non-hydrogen) atoms. The molecule has 3 heterocycles. The number of rotatable bonds is 10. The summed E-state index contributed by atoms with van der Waals surface area (Å²) in [6.45, 7) is 5.87. The third kappa shape index (κ3) is 7.57. The van der Waals surface area contributed by atoms with E-state index in [1.807, 2.05) is 44.3 Å². The van der Waals surface area contributed by atoms with Crippen LogP contribution in [0.2, 0.25) is 0 Å². The number of nitrogens with zero attached hydrogens (tertiary/aromatic N) is 1. The van der Waals surface area contributed by atoms with Crippen LogP contribution in [0.1, 0.15) is 84.1 Å². The van der Waals surface area contributed by atoms with Gasteiger partial charge >= 0.3 is 0 Å². The Kier molecular flexibility index (Phi) is 10.8. The first-order valence-corrected chi connectivity index (χ1v) is 15.5. The second kappa shape index (κ2) is 14.5. The lowest BCUT2D eigenvalue weighted by Gasteiger charge is -2.39. The molecule has 5 atom stereocenters. The van der Waals surface area contributed by atoms with Crippen molar-refractivity contribution >= 4 is 40.3 Å². The highest BCUT2D eigenvalue weighted by atomic mass is 16.2. The van der Waals surface area contributed by atoms with Crippen LogP contribution in [-0.2, 0) is 30.4 Å². The Labute approximate surface area is 247 Å². The van der Waals surface area contributed by atoms with E-state index in [1.54, 1.807) is 11.8 Å². The van der Waals surface area contributed by atoms with E-state index in [0.717, 1.165) is 35.7 Å². The van der Waals surface area contributed by atoms with Gasteiger partial charge in [0.2, 0.25) is 23.6 Å². The normalized spacial score (nSPS) is 24.6. The van der Waals surface area contributed by atoms with Crippen molar-refractivity contribution in [1.82, 2.24) is 25.8 Å². The standard InChI is InChI=1S/C32H45N5O5/c1-4-20(2)28-32(42)37-17-11-10-16-27(37)31(41)34-25(15-7-5-6-12-21(3)38)29(39)35-26(30(40)36-28)18-22-19-33-24-14-9-8-13-23(22)24/h8-9,13-14,19-20,25-28,33H,4-7,10-12,15-18H2,1-3H3,(H,34,41)(H,35,39)(H,36,40)/t20?,25-,26-,27?,28-/m0/s1. The van der Waals surface area contributed by atoms with Gasteiger partial charge in [0, 0.05) is 36.5 Å². The number of amides is 4. The molecule has 2 unspecified atom stereocenters. The molecule has 4 N–H and O–H groups in total. The lowest BCUT2D eigenvalue weighted by atomic mass is 9.93. The Hall–Kier alpha value is -3.69. The number of ketones is 1. The van der Waals surface area contributed by atoms with Crippen molar-refractivity contribution < 1.29 is 24.0 Å². The number of unbranched alkanes of at least 4 members (excludes halogenated alkanes) is 2. The molecule has 0 radical (unpaired) electrons. The Morgan fingerprint density at radius 3 is 2.45 bits per heavy atom. The van der Waals surface area contributed by atoms with Crippen LogP contribution in [0.25, 0.3) is 10.9 Å². The number of hydrogen-bond donors (Lipinski definition) is 4. The number of aromatic amines is 1. The Morgan fingerprint density at radius 1 is 0.952 bits per heavy atom. The fourth-order valence-electron chi connectivity index (χ4n) is 6.02. The molecule has 0 aliphatic carbocycles. The monoisotopic (exact) mass is 579 g/mol. The first kappa shape index (κ1) is 31.3. The summed E-state index contributed by atoms with van der Waals surface area (Å²) in [5, 5.41) is 9.79. The van der Waals surface area contributed by atoms with Gasteiger partial charge < -0.3 is 30.6 Å². The van der Waals surface area contributed by atoms with Crippen molar-refractivity contribution in [3.8, 4) is 0 Å². The maximum absolute atomic E-state index is 13.9. The molecule has 4 amide bonds. The fraction of sp³-hybridized carbons (Fsp3) is 0.594. The predicted molar refractivity (Wildman–Crippen MR) is 160 cm³/mol. The molecule has 10 nitrogen and oxygen atoms in total. The number of H-pyrrole nitrogens is 1. The van der Waals surface area contributed by atoms with Crippen molar-refractivity contribution in [2.24, 2.45) is 5.92 Å². The van der Waals surface area contributed by atoms with Crippen molar-refractivity contribution in [3.63, 3.8) is 0 Å². The number of piperidine rings is 1. The number of fused-ring (bicyclic) bond motifs is 2. The van der Waals surface area contributed by atoms with Crippen molar-refractivity contribution in [2.75, 3.05) is 6.54 Å². The molecule has 4 rings (SSSR count). The molecule has 228 valence electrons. The quantitative estimate of drug-likeness (QED) is 0.320. The van der Waals surface area contributed by atoms with E-state index in [9.17, 15) is 24.0 Å². The van der Waals surface area contributed by atoms with Gasteiger partial charge in [-0.2, -0.15) is 0 Å². The van der Waals surface area contributed by atoms with Gasteiger partial charge in [-0.25, -0.2) is 0 Å². The third-order valence-corrected chi connectivity index (χ3v) is 8.75. The summed E-state index contributed by atoms with van der Waals surface area (Å²) in [6.07, 6.45) is 7.74. The van der Waals surface area contributed by atoms with Gasteiger partial charge in [-0.3, -0.25) is 19.2 Å². The number of hydrogen-bond acceptors (Lipinski definition) is 5. The minimum Gasteiger partial charge on any atom is -0.361 e. The first-order valence-electron chi connectivity index (χ1n) is 15.5. The largest absolute Gasteiger partial charge is 0.361 e. The lowest BCUT2D eigenvalue weighted by molar-refractivity contribution is -0.147. The molecule has 1 aromatic heterocycles. The second-order valence-corrected chi connectivity index (χ2v) is 11.9. The molecule has 2 fully saturated rings. The van der Waals surface area contributed by atoms with Gasteiger partial charge in [-0.15, -0.1) is 0 Å². The minimum absolute atomic E-state index is 0.121. The predicted octanol–water partition coefficient (Wildman–Crippen LogP) is 3.15. The number of carbonyl (C=O) groups is 5. The molecule has 2 aliphatic heterocycles. The molecule has 0 bridgehead atoms. The highest BCUT2D eigenvalue weighted by Gasteiger charge is 2.40. The molecule has 2 aromatic rings. The lowest BCUT2D eigenvalue weighted by Crippen LogP contribution is -2.64. The van der Waals surface area contributed by atoms with Gasteiger partial charge in [-0.05, 0) is 56.6 Å². The van der Waals surface area contributed by atoms with E-state index in [2.05, 4.69) is 20.9 Å². The van der Waals surface area contributed by atoms with Gasteiger partial charge in [0.15, 0.2) is 0 Å². The van der Waals surface area contributed by atoms with Crippen LogP contribution in [0.15, 0.2) is 30.5 Å². The molecular weight excluding hydrogens is 534 g/mol. The number of benzene rings is 1. The molecule has 1 aromatic carbocycles. The van der Waals surface area contributed by atoms with Gasteiger partial charge in [0.25, 0.3) is 0 Å². The maximum atomic E-state index is 13.9. The average Bonchev–Trinajstić information content (AvgIpc) is 3.39. The van der Waals surface area contributed by atoms with E-state index >= 15 is 0 Å². The Morgan fingerprint density at radius 2 is 1.69 bits per heavy atom. The van der Waals surface area contributed by atoms with Crippen LogP contribution < -0.4 is 16.0 Å². The Bertz CT molecular complexity index is 1290. The van der Waals surface area contributed by atoms with E-state index in [-0.39, 0.29) is 29.9 Å². The third-order valence-electron chi connectivity index (χ3n) is 8.75. The summed E-state index contributed by atoms with van der Waals surface area (Å²) in [7, 11) is 0. The van der Waals surface area contributed by atoms with Crippen LogP contribution in [0.3, 0.4) is 0 Å². The van der Waals surface area contributed by atoms with E-state index in [1.165, 1.54) is 0 Å². The topological polar surface area (TPSA) is 140 Å². The number of aromatic nitrogens is 1. The van der Waals surface area contributed by atoms with Crippen molar-refractivity contribution in [1.29, 1.82) is 0 Å². The molecule has 2 aliphatic rings. The number of nitrogens with one attached hydrogen (secondary N) is 4. The second-order valence-electron chi connectivity index (χ2n) is 11.9.